The van der Waals surface area contributed by atoms with Gasteiger partial charge < -0.3 is 20.1 Å². The summed E-state index contributed by atoms with van der Waals surface area (Å²) in [6.07, 6.45) is -0.301. The molecule has 0 spiro atoms. The molecule has 1 saturated heterocycles. The molecule has 26 heavy (non-hydrogen) atoms. The van der Waals surface area contributed by atoms with Crippen LogP contribution in [0.4, 0.5) is 9.18 Å². The van der Waals surface area contributed by atoms with Crippen molar-refractivity contribution in [3.63, 3.8) is 0 Å². The van der Waals surface area contributed by atoms with Crippen LogP contribution in [0.2, 0.25) is 0 Å². The average Bonchev–Trinajstić information content (AvgIpc) is 2.67. The topological polar surface area (TPSA) is 78.9 Å². The number of nitrogens with one attached hydrogen (secondary N) is 1. The fraction of sp³-hybridized carbons (Fsp3) is 0.263. The molecular formula is C19H19FN2O4. The highest BCUT2D eigenvalue weighted by Crippen LogP contribution is 2.22. The Bertz CT molecular complexity index is 794. The molecule has 0 radical (unpaired) electrons. The number of ether oxygens (including phenoxy) is 1. The van der Waals surface area contributed by atoms with Crippen LogP contribution in [0.25, 0.3) is 0 Å². The summed E-state index contributed by atoms with van der Waals surface area (Å²) in [5, 5.41) is 11.8. The predicted octanol–water partition coefficient (Wildman–Crippen LogP) is 2.81. The number of aromatic carboxylic acids is 1. The van der Waals surface area contributed by atoms with Crippen LogP contribution in [0.5, 0.6) is 0 Å². The van der Waals surface area contributed by atoms with E-state index in [-0.39, 0.29) is 30.1 Å². The normalized spacial score (nSPS) is 17.0. The molecule has 136 valence electrons. The minimum atomic E-state index is -1.01. The summed E-state index contributed by atoms with van der Waals surface area (Å²) in [5.41, 5.74) is 1.71. The third-order valence-electron chi connectivity index (χ3n) is 4.21. The number of hydrogen-bond donors (Lipinski definition) is 2. The van der Waals surface area contributed by atoms with Crippen LogP contribution in [0.15, 0.2) is 48.5 Å². The zero-order chi connectivity index (χ0) is 18.5. The van der Waals surface area contributed by atoms with E-state index in [1.165, 1.54) is 24.3 Å². The standard InChI is InChI=1S/C19H19FN2O4/c20-16-6-4-14(5-7-16)17-12-22(8-9-26-17)19(25)21-11-13-2-1-3-15(10-13)18(23)24/h1-7,10,17H,8-9,11-12H2,(H,21,25)(H,23,24). The number of halogens is 1. The highest BCUT2D eigenvalue weighted by Gasteiger charge is 2.25. The number of benzene rings is 2. The first-order chi connectivity index (χ1) is 12.5. The van der Waals surface area contributed by atoms with E-state index in [0.717, 1.165) is 5.56 Å². The number of carboxylic acid groups (broad SMARTS) is 1. The Balaban J connectivity index is 1.58. The second-order valence-electron chi connectivity index (χ2n) is 6.02. The fourth-order valence-corrected chi connectivity index (χ4v) is 2.82. The second-order valence-corrected chi connectivity index (χ2v) is 6.02. The molecule has 1 atom stereocenters. The maximum Gasteiger partial charge on any atom is 0.335 e. The first kappa shape index (κ1) is 17.9. The van der Waals surface area contributed by atoms with Crippen molar-refractivity contribution < 1.29 is 23.8 Å². The highest BCUT2D eigenvalue weighted by molar-refractivity contribution is 5.87. The van der Waals surface area contributed by atoms with Gasteiger partial charge in [-0.1, -0.05) is 24.3 Å². The van der Waals surface area contributed by atoms with E-state index >= 15 is 0 Å². The molecule has 0 saturated carbocycles. The van der Waals surface area contributed by atoms with Gasteiger partial charge in [0.25, 0.3) is 0 Å². The smallest absolute Gasteiger partial charge is 0.335 e. The molecule has 2 N–H and O–H groups in total. The predicted molar refractivity (Wildman–Crippen MR) is 92.3 cm³/mol. The van der Waals surface area contributed by atoms with Gasteiger partial charge in [-0.3, -0.25) is 0 Å². The number of carbonyl (C=O) groups excluding carboxylic acids is 1. The summed E-state index contributed by atoms with van der Waals surface area (Å²) in [6.45, 7) is 1.45. The van der Waals surface area contributed by atoms with Crippen molar-refractivity contribution in [1.29, 1.82) is 0 Å². The van der Waals surface area contributed by atoms with E-state index < -0.39 is 5.97 Å². The third-order valence-corrected chi connectivity index (χ3v) is 4.21. The van der Waals surface area contributed by atoms with Gasteiger partial charge in [0.2, 0.25) is 0 Å². The molecule has 0 aliphatic carbocycles. The summed E-state index contributed by atoms with van der Waals surface area (Å²) in [4.78, 5) is 25.0. The molecule has 0 aromatic heterocycles. The Hall–Kier alpha value is -2.93. The van der Waals surface area contributed by atoms with Crippen LogP contribution in [0.3, 0.4) is 0 Å². The van der Waals surface area contributed by atoms with Gasteiger partial charge in [-0.05, 0) is 35.4 Å². The van der Waals surface area contributed by atoms with E-state index in [1.54, 1.807) is 29.2 Å². The first-order valence-corrected chi connectivity index (χ1v) is 8.25. The van der Waals surface area contributed by atoms with Crippen molar-refractivity contribution >= 4 is 12.0 Å². The minimum absolute atomic E-state index is 0.180. The zero-order valence-corrected chi connectivity index (χ0v) is 14.0. The number of nitrogens with zero attached hydrogens (tertiary/aromatic N) is 1. The van der Waals surface area contributed by atoms with Crippen molar-refractivity contribution in [1.82, 2.24) is 10.2 Å². The number of carboxylic acids is 1. The lowest BCUT2D eigenvalue weighted by Gasteiger charge is -2.33. The van der Waals surface area contributed by atoms with Crippen LogP contribution in [-0.2, 0) is 11.3 Å². The van der Waals surface area contributed by atoms with Gasteiger partial charge in [-0.15, -0.1) is 0 Å². The summed E-state index contributed by atoms with van der Waals surface area (Å²) in [5.74, 6) is -1.32. The Morgan fingerprint density at radius 2 is 2.00 bits per heavy atom. The molecule has 1 aliphatic rings. The van der Waals surface area contributed by atoms with Gasteiger partial charge in [0, 0.05) is 13.1 Å². The average molecular weight is 358 g/mol. The van der Waals surface area contributed by atoms with Gasteiger partial charge >= 0.3 is 12.0 Å². The van der Waals surface area contributed by atoms with Gasteiger partial charge in [0.05, 0.1) is 18.7 Å². The number of hydrogen-bond acceptors (Lipinski definition) is 3. The highest BCUT2D eigenvalue weighted by atomic mass is 19.1. The Morgan fingerprint density at radius 1 is 1.23 bits per heavy atom. The summed E-state index contributed by atoms with van der Waals surface area (Å²) < 4.78 is 18.7. The molecule has 2 amide bonds. The molecule has 6 nitrogen and oxygen atoms in total. The number of urea groups is 1. The molecule has 7 heteroatoms. The van der Waals surface area contributed by atoms with Crippen molar-refractivity contribution in [2.45, 2.75) is 12.6 Å². The van der Waals surface area contributed by atoms with Crippen molar-refractivity contribution in [3.05, 3.63) is 71.0 Å². The molecule has 1 fully saturated rings. The van der Waals surface area contributed by atoms with Crippen LogP contribution >= 0.6 is 0 Å². The minimum Gasteiger partial charge on any atom is -0.478 e. The van der Waals surface area contributed by atoms with E-state index in [0.29, 0.717) is 25.3 Å². The molecular weight excluding hydrogens is 339 g/mol. The van der Waals surface area contributed by atoms with Crippen LogP contribution in [0.1, 0.15) is 27.6 Å². The molecule has 2 aromatic rings. The van der Waals surface area contributed by atoms with Crippen molar-refractivity contribution in [2.24, 2.45) is 0 Å². The molecule has 3 rings (SSSR count). The monoisotopic (exact) mass is 358 g/mol. The molecule has 1 heterocycles. The van der Waals surface area contributed by atoms with E-state index in [1.807, 2.05) is 0 Å². The molecule has 0 bridgehead atoms. The first-order valence-electron chi connectivity index (χ1n) is 8.25. The Kier molecular flexibility index (Phi) is 5.48. The number of morpholine rings is 1. The summed E-state index contributed by atoms with van der Waals surface area (Å²) in [7, 11) is 0. The summed E-state index contributed by atoms with van der Waals surface area (Å²) in [6, 6.07) is 12.2. The second kappa shape index (κ2) is 7.97. The lowest BCUT2D eigenvalue weighted by Crippen LogP contribution is -2.46. The van der Waals surface area contributed by atoms with E-state index in [4.69, 9.17) is 9.84 Å². The maximum atomic E-state index is 13.0. The molecule has 2 aromatic carbocycles. The van der Waals surface area contributed by atoms with Gasteiger partial charge in [0.15, 0.2) is 0 Å². The van der Waals surface area contributed by atoms with Crippen LogP contribution in [-0.4, -0.2) is 41.7 Å². The zero-order valence-electron chi connectivity index (χ0n) is 14.0. The third kappa shape index (κ3) is 4.37. The lowest BCUT2D eigenvalue weighted by atomic mass is 10.1. The SMILES string of the molecule is O=C(O)c1cccc(CNC(=O)N2CCOC(c3ccc(F)cc3)C2)c1. The van der Waals surface area contributed by atoms with Crippen molar-refractivity contribution in [2.75, 3.05) is 19.7 Å². The van der Waals surface area contributed by atoms with Crippen LogP contribution in [0, 0.1) is 5.82 Å². The van der Waals surface area contributed by atoms with E-state index in [2.05, 4.69) is 5.32 Å². The van der Waals surface area contributed by atoms with E-state index in [9.17, 15) is 14.0 Å². The van der Waals surface area contributed by atoms with Gasteiger partial charge in [0.1, 0.15) is 11.9 Å². The fourth-order valence-electron chi connectivity index (χ4n) is 2.82. The van der Waals surface area contributed by atoms with Gasteiger partial charge in [-0.25, -0.2) is 14.0 Å². The number of amides is 2. The largest absolute Gasteiger partial charge is 0.478 e. The molecule has 1 unspecified atom stereocenters. The quantitative estimate of drug-likeness (QED) is 0.881. The van der Waals surface area contributed by atoms with Crippen LogP contribution < -0.4 is 5.32 Å². The Labute approximate surface area is 150 Å². The molecule has 1 aliphatic heterocycles. The lowest BCUT2D eigenvalue weighted by molar-refractivity contribution is -0.0155. The number of carbonyl (C=O) groups is 2. The Morgan fingerprint density at radius 3 is 2.73 bits per heavy atom. The summed E-state index contributed by atoms with van der Waals surface area (Å²) >= 11 is 0. The van der Waals surface area contributed by atoms with Gasteiger partial charge in [-0.2, -0.15) is 0 Å². The number of rotatable bonds is 4. The van der Waals surface area contributed by atoms with Crippen molar-refractivity contribution in [3.8, 4) is 0 Å². The maximum absolute atomic E-state index is 13.0.